The normalized spacial score (nSPS) is 10.9. The van der Waals surface area contributed by atoms with Gasteiger partial charge in [0, 0.05) is 38.6 Å². The minimum Gasteiger partial charge on any atom is -0.370 e. The maximum atomic E-state index is 13.2. The van der Waals surface area contributed by atoms with Crippen molar-refractivity contribution in [1.82, 2.24) is 10.2 Å². The number of carbonyl (C=O) groups is 3. The van der Waals surface area contributed by atoms with Crippen LogP contribution in [0.4, 0.5) is 5.69 Å². The van der Waals surface area contributed by atoms with Gasteiger partial charge in [-0.1, -0.05) is 42.5 Å². The number of hydrogen-bond donors (Lipinski definition) is 2. The number of primary amides is 1. The van der Waals surface area contributed by atoms with Crippen LogP contribution >= 0.6 is 0 Å². The van der Waals surface area contributed by atoms with Gasteiger partial charge >= 0.3 is 0 Å². The van der Waals surface area contributed by atoms with Crippen LogP contribution in [0.3, 0.4) is 0 Å². The lowest BCUT2D eigenvalue weighted by molar-refractivity contribution is -0.384. The van der Waals surface area contributed by atoms with Gasteiger partial charge in [0.1, 0.15) is 5.70 Å². The van der Waals surface area contributed by atoms with E-state index in [1.807, 2.05) is 30.3 Å². The van der Waals surface area contributed by atoms with E-state index in [1.54, 1.807) is 6.07 Å². The number of nitrogens with one attached hydrogen (secondary N) is 1. The average Bonchev–Trinajstić information content (AvgIpc) is 2.70. The molecular weight excluding hydrogens is 388 g/mol. The molecule has 0 saturated heterocycles. The fraction of sp³-hybridized carbons (Fsp3) is 0.190. The van der Waals surface area contributed by atoms with Crippen molar-refractivity contribution in [3.05, 3.63) is 81.5 Å². The predicted molar refractivity (Wildman–Crippen MR) is 111 cm³/mol. The fourth-order valence-corrected chi connectivity index (χ4v) is 2.71. The Hall–Kier alpha value is -4.01. The lowest BCUT2D eigenvalue weighted by Gasteiger charge is -2.24. The van der Waals surface area contributed by atoms with E-state index < -0.39 is 22.6 Å². The predicted octanol–water partition coefficient (Wildman–Crippen LogP) is 1.98. The summed E-state index contributed by atoms with van der Waals surface area (Å²) in [4.78, 5) is 47.9. The molecule has 0 bridgehead atoms. The first kappa shape index (κ1) is 22.3. The number of amides is 3. The summed E-state index contributed by atoms with van der Waals surface area (Å²) in [5.74, 6) is -1.58. The molecule has 0 aromatic heterocycles. The molecule has 2 aromatic carbocycles. The van der Waals surface area contributed by atoms with Gasteiger partial charge in [0.05, 0.1) is 4.92 Å². The first-order valence-electron chi connectivity index (χ1n) is 9.11. The van der Waals surface area contributed by atoms with Crippen LogP contribution in [0, 0.1) is 10.1 Å². The van der Waals surface area contributed by atoms with Gasteiger partial charge in [0.25, 0.3) is 11.6 Å². The van der Waals surface area contributed by atoms with Crippen LogP contribution in [0.2, 0.25) is 0 Å². The van der Waals surface area contributed by atoms with Gasteiger partial charge in [-0.15, -0.1) is 0 Å². The number of nitro groups is 1. The molecule has 2 rings (SSSR count). The Bertz CT molecular complexity index is 972. The lowest BCUT2D eigenvalue weighted by atomic mass is 10.1. The Kier molecular flexibility index (Phi) is 7.81. The first-order chi connectivity index (χ1) is 14.3. The highest BCUT2D eigenvalue weighted by atomic mass is 16.6. The van der Waals surface area contributed by atoms with E-state index >= 15 is 0 Å². The lowest BCUT2D eigenvalue weighted by Crippen LogP contribution is -2.39. The summed E-state index contributed by atoms with van der Waals surface area (Å²) in [7, 11) is 0. The largest absolute Gasteiger partial charge is 0.370 e. The Morgan fingerprint density at radius 3 is 2.43 bits per heavy atom. The topological polar surface area (TPSA) is 136 Å². The molecule has 9 nitrogen and oxygen atoms in total. The van der Waals surface area contributed by atoms with Crippen molar-refractivity contribution < 1.29 is 19.3 Å². The summed E-state index contributed by atoms with van der Waals surface area (Å²) in [5.41, 5.74) is 6.22. The summed E-state index contributed by atoms with van der Waals surface area (Å²) >= 11 is 0. The maximum absolute atomic E-state index is 13.2. The number of rotatable bonds is 9. The average molecular weight is 410 g/mol. The molecule has 0 radical (unpaired) electrons. The van der Waals surface area contributed by atoms with E-state index in [-0.39, 0.29) is 30.9 Å². The molecule has 9 heteroatoms. The molecule has 30 heavy (non-hydrogen) atoms. The third-order valence-corrected chi connectivity index (χ3v) is 4.06. The summed E-state index contributed by atoms with van der Waals surface area (Å²) in [6.07, 6.45) is 1.31. The number of hydrogen-bond acceptors (Lipinski definition) is 5. The van der Waals surface area contributed by atoms with E-state index in [0.29, 0.717) is 5.56 Å². The van der Waals surface area contributed by atoms with Crippen molar-refractivity contribution in [2.45, 2.75) is 19.9 Å². The van der Waals surface area contributed by atoms with Gasteiger partial charge in [0.15, 0.2) is 0 Å². The summed E-state index contributed by atoms with van der Waals surface area (Å²) in [5, 5.41) is 13.5. The standard InChI is InChI=1S/C21H22N4O5/c1-15(26)23-19(13-17-8-5-9-18(12-17)25(29)30)21(28)24(11-10-20(22)27)14-16-6-3-2-4-7-16/h2-9,12-13H,10-11,14H2,1H3,(H2,22,27)(H,23,26)/b19-13-. The second kappa shape index (κ2) is 10.5. The maximum Gasteiger partial charge on any atom is 0.270 e. The molecule has 0 aliphatic heterocycles. The summed E-state index contributed by atoms with van der Waals surface area (Å²) < 4.78 is 0. The zero-order valence-electron chi connectivity index (χ0n) is 16.4. The minimum absolute atomic E-state index is 0.0505. The van der Waals surface area contributed by atoms with Gasteiger partial charge in [0.2, 0.25) is 11.8 Å². The number of nitrogens with two attached hydrogens (primary N) is 1. The molecule has 0 heterocycles. The van der Waals surface area contributed by atoms with Crippen molar-refractivity contribution in [3.8, 4) is 0 Å². The zero-order valence-corrected chi connectivity index (χ0v) is 16.4. The number of nitrogens with zero attached hydrogens (tertiary/aromatic N) is 2. The van der Waals surface area contributed by atoms with Crippen LogP contribution in [0.15, 0.2) is 60.3 Å². The molecule has 0 atom stereocenters. The third kappa shape index (κ3) is 6.86. The fourth-order valence-electron chi connectivity index (χ4n) is 2.71. The number of non-ortho nitro benzene ring substituents is 1. The SMILES string of the molecule is CC(=O)N/C(=C\c1cccc([N+](=O)[O-])c1)C(=O)N(CCC(N)=O)Cc1ccccc1. The van der Waals surface area contributed by atoms with Gasteiger partial charge < -0.3 is 16.0 Å². The van der Waals surface area contributed by atoms with Crippen LogP contribution < -0.4 is 11.1 Å². The quantitative estimate of drug-likeness (QED) is 0.370. The first-order valence-corrected chi connectivity index (χ1v) is 9.11. The molecular formula is C21H22N4O5. The minimum atomic E-state index is -0.565. The highest BCUT2D eigenvalue weighted by Crippen LogP contribution is 2.17. The van der Waals surface area contributed by atoms with Crippen molar-refractivity contribution in [1.29, 1.82) is 0 Å². The van der Waals surface area contributed by atoms with Gasteiger partial charge in [-0.25, -0.2) is 0 Å². The van der Waals surface area contributed by atoms with Crippen molar-refractivity contribution in [2.75, 3.05) is 6.54 Å². The molecule has 0 aliphatic rings. The van der Waals surface area contributed by atoms with Crippen LogP contribution in [0.5, 0.6) is 0 Å². The molecule has 3 amide bonds. The summed E-state index contributed by atoms with van der Waals surface area (Å²) in [6, 6.07) is 14.8. The van der Waals surface area contributed by atoms with Crippen molar-refractivity contribution >= 4 is 29.5 Å². The monoisotopic (exact) mass is 410 g/mol. The Morgan fingerprint density at radius 1 is 1.13 bits per heavy atom. The van der Waals surface area contributed by atoms with Crippen LogP contribution in [0.1, 0.15) is 24.5 Å². The highest BCUT2D eigenvalue weighted by Gasteiger charge is 2.21. The van der Waals surface area contributed by atoms with E-state index in [1.165, 1.54) is 36.1 Å². The van der Waals surface area contributed by atoms with E-state index in [9.17, 15) is 24.5 Å². The molecule has 0 aliphatic carbocycles. The molecule has 156 valence electrons. The second-order valence-electron chi connectivity index (χ2n) is 6.52. The van der Waals surface area contributed by atoms with Gasteiger partial charge in [-0.2, -0.15) is 0 Å². The molecule has 0 spiro atoms. The Labute approximate surface area is 173 Å². The smallest absolute Gasteiger partial charge is 0.270 e. The second-order valence-corrected chi connectivity index (χ2v) is 6.52. The zero-order chi connectivity index (χ0) is 22.1. The molecule has 0 unspecified atom stereocenters. The van der Waals surface area contributed by atoms with Crippen molar-refractivity contribution in [3.63, 3.8) is 0 Å². The van der Waals surface area contributed by atoms with E-state index in [0.717, 1.165) is 5.56 Å². The van der Waals surface area contributed by atoms with Crippen LogP contribution in [0.25, 0.3) is 6.08 Å². The third-order valence-electron chi connectivity index (χ3n) is 4.06. The molecule has 0 fully saturated rings. The molecule has 3 N–H and O–H groups in total. The number of nitro benzene ring substituents is 1. The number of carbonyl (C=O) groups excluding carboxylic acids is 3. The van der Waals surface area contributed by atoms with Crippen LogP contribution in [-0.2, 0) is 20.9 Å². The Balaban J connectivity index is 2.38. The number of benzene rings is 2. The van der Waals surface area contributed by atoms with E-state index in [4.69, 9.17) is 5.73 Å². The highest BCUT2D eigenvalue weighted by molar-refractivity contribution is 6.01. The van der Waals surface area contributed by atoms with Gasteiger partial charge in [-0.3, -0.25) is 24.5 Å². The molecule has 2 aromatic rings. The molecule has 0 saturated carbocycles. The van der Waals surface area contributed by atoms with E-state index in [2.05, 4.69) is 5.32 Å². The van der Waals surface area contributed by atoms with Crippen molar-refractivity contribution in [2.24, 2.45) is 5.73 Å². The Morgan fingerprint density at radius 2 is 1.83 bits per heavy atom. The summed E-state index contributed by atoms with van der Waals surface area (Å²) in [6.45, 7) is 1.49. The van der Waals surface area contributed by atoms with Gasteiger partial charge in [-0.05, 0) is 17.2 Å². The van der Waals surface area contributed by atoms with Crippen LogP contribution in [-0.4, -0.2) is 34.1 Å².